The Labute approximate surface area is 183 Å². The number of hydrogen-bond donors (Lipinski definition) is 4. The van der Waals surface area contributed by atoms with E-state index in [-0.39, 0.29) is 12.3 Å². The topological polar surface area (TPSA) is 136 Å². The summed E-state index contributed by atoms with van der Waals surface area (Å²) in [5, 5.41) is 32.9. The van der Waals surface area contributed by atoms with Crippen molar-refractivity contribution in [1.29, 1.82) is 0 Å². The molecule has 1 aromatic carbocycles. The number of aliphatic hydroxyl groups is 1. The van der Waals surface area contributed by atoms with Crippen LogP contribution in [-0.2, 0) is 11.3 Å². The number of allylic oxidation sites excluding steroid dienone is 5. The van der Waals surface area contributed by atoms with Crippen LogP contribution >= 0.6 is 11.6 Å². The van der Waals surface area contributed by atoms with Crippen molar-refractivity contribution in [2.45, 2.75) is 19.6 Å². The van der Waals surface area contributed by atoms with E-state index in [0.29, 0.717) is 5.03 Å². The van der Waals surface area contributed by atoms with Crippen LogP contribution in [0.1, 0.15) is 28.6 Å². The Balaban J connectivity index is 2.19. The van der Waals surface area contributed by atoms with Crippen LogP contribution in [0.2, 0.25) is 0 Å². The van der Waals surface area contributed by atoms with Gasteiger partial charge in [0.05, 0.1) is 12.6 Å². The minimum absolute atomic E-state index is 0.0826. The number of aliphatic carboxylic acids is 1. The van der Waals surface area contributed by atoms with Crippen LogP contribution in [0, 0.1) is 0 Å². The van der Waals surface area contributed by atoms with Gasteiger partial charge in [0.15, 0.2) is 6.10 Å². The highest BCUT2D eigenvalue weighted by Crippen LogP contribution is 2.20. The van der Waals surface area contributed by atoms with Crippen LogP contribution in [0.15, 0.2) is 64.7 Å². The molecule has 4 N–H and O–H groups in total. The molecule has 1 aromatic heterocycles. The first-order chi connectivity index (χ1) is 14.7. The molecule has 0 bridgehead atoms. The maximum atomic E-state index is 12.3. The van der Waals surface area contributed by atoms with Crippen LogP contribution in [0.25, 0.3) is 5.57 Å². The summed E-state index contributed by atoms with van der Waals surface area (Å²) in [6.45, 7) is 5.29. The molecular formula is C21H22ClN3O6. The molecule has 1 atom stereocenters. The molecule has 9 nitrogen and oxygen atoms in total. The highest BCUT2D eigenvalue weighted by molar-refractivity contribution is 6.31. The van der Waals surface area contributed by atoms with Crippen LogP contribution in [0.5, 0.6) is 5.88 Å². The summed E-state index contributed by atoms with van der Waals surface area (Å²) in [6, 6.07) is 8.22. The van der Waals surface area contributed by atoms with Crippen LogP contribution in [-0.4, -0.2) is 50.0 Å². The van der Waals surface area contributed by atoms with Crippen molar-refractivity contribution in [3.63, 3.8) is 0 Å². The lowest BCUT2D eigenvalue weighted by atomic mass is 10.0. The molecule has 0 unspecified atom stereocenters. The molecule has 164 valence electrons. The molecule has 2 aromatic rings. The van der Waals surface area contributed by atoms with Crippen molar-refractivity contribution in [2.75, 3.05) is 6.54 Å². The van der Waals surface area contributed by atoms with Crippen molar-refractivity contribution in [2.24, 2.45) is 0 Å². The number of hydrazine groups is 1. The summed E-state index contributed by atoms with van der Waals surface area (Å²) in [7, 11) is 0. The molecule has 0 fully saturated rings. The fraction of sp³-hybridized carbons (Fsp3) is 0.190. The number of aromatic hydroxyl groups is 1. The molecule has 0 saturated carbocycles. The summed E-state index contributed by atoms with van der Waals surface area (Å²) < 4.78 is 4.68. The number of hydrogen-bond acceptors (Lipinski definition) is 7. The minimum Gasteiger partial charge on any atom is -0.491 e. The van der Waals surface area contributed by atoms with Gasteiger partial charge in [0, 0.05) is 11.6 Å². The third-order valence-electron chi connectivity index (χ3n) is 4.11. The first-order valence-electron chi connectivity index (χ1n) is 9.11. The number of rotatable bonds is 10. The SMILES string of the molecule is C=C/C(=C\C(Cl)=C/C)c1ccc(CN(C[C@@H](O)C(=O)O)NC(=O)c2cc(O)no2)cc1. The fourth-order valence-corrected chi connectivity index (χ4v) is 2.64. The number of benzene rings is 1. The zero-order valence-electron chi connectivity index (χ0n) is 16.7. The molecule has 0 radical (unpaired) electrons. The second kappa shape index (κ2) is 11.1. The predicted octanol–water partition coefficient (Wildman–Crippen LogP) is 2.68. The molecule has 31 heavy (non-hydrogen) atoms. The first kappa shape index (κ1) is 23.9. The van der Waals surface area contributed by atoms with Gasteiger partial charge in [0.2, 0.25) is 5.76 Å². The van der Waals surface area contributed by atoms with Crippen LogP contribution in [0.4, 0.5) is 0 Å². The Morgan fingerprint density at radius 1 is 1.35 bits per heavy atom. The number of aromatic nitrogens is 1. The Morgan fingerprint density at radius 3 is 2.55 bits per heavy atom. The van der Waals surface area contributed by atoms with E-state index in [2.05, 4.69) is 21.7 Å². The van der Waals surface area contributed by atoms with Crippen LogP contribution < -0.4 is 5.43 Å². The van der Waals surface area contributed by atoms with Gasteiger partial charge in [-0.25, -0.2) is 9.80 Å². The van der Waals surface area contributed by atoms with Crippen molar-refractivity contribution < 1.29 is 29.4 Å². The Bertz CT molecular complexity index is 997. The molecule has 0 aliphatic rings. The lowest BCUT2D eigenvalue weighted by molar-refractivity contribution is -0.148. The monoisotopic (exact) mass is 447 g/mol. The molecule has 1 heterocycles. The second-order valence-electron chi connectivity index (χ2n) is 6.40. The Hall–Kier alpha value is -3.40. The summed E-state index contributed by atoms with van der Waals surface area (Å²) >= 11 is 6.05. The molecule has 0 saturated heterocycles. The smallest absolute Gasteiger partial charge is 0.333 e. The summed E-state index contributed by atoms with van der Waals surface area (Å²) in [5.41, 5.74) is 4.83. The number of nitrogens with zero attached hydrogens (tertiary/aromatic N) is 2. The molecule has 0 aliphatic carbocycles. The third-order valence-corrected chi connectivity index (χ3v) is 4.44. The third kappa shape index (κ3) is 7.10. The van der Waals surface area contributed by atoms with E-state index in [1.165, 1.54) is 5.01 Å². The summed E-state index contributed by atoms with van der Waals surface area (Å²) in [4.78, 5) is 23.3. The number of aliphatic hydroxyl groups excluding tert-OH is 1. The average Bonchev–Trinajstić information content (AvgIpc) is 3.18. The number of carboxylic acids is 1. The first-order valence-corrected chi connectivity index (χ1v) is 9.49. The number of carbonyl (C=O) groups is 2. The molecule has 2 rings (SSSR count). The normalized spacial score (nSPS) is 13.2. The average molecular weight is 448 g/mol. The Morgan fingerprint density at radius 2 is 2.03 bits per heavy atom. The Kier molecular flexibility index (Phi) is 8.56. The van der Waals surface area contributed by atoms with Gasteiger partial charge in [-0.1, -0.05) is 54.6 Å². The standard InChI is InChI=1S/C21H22ClN3O6/c1-3-14(9-16(22)4-2)15-7-5-13(6-8-15)11-25(12-17(26)21(29)30)23-20(28)18-10-19(27)24-31-18/h3-10,17,26H,1,11-12H2,2H3,(H,23,28)(H,24,27)(H,29,30)/b14-9+,16-4+/t17-/m1/s1. The molecule has 10 heteroatoms. The quantitative estimate of drug-likeness (QED) is 0.322. The van der Waals surface area contributed by atoms with E-state index >= 15 is 0 Å². The van der Waals surface area contributed by atoms with Gasteiger partial charge in [-0.15, -0.1) is 0 Å². The summed E-state index contributed by atoms with van der Waals surface area (Å²) in [5.74, 6) is -2.94. The van der Waals surface area contributed by atoms with E-state index in [0.717, 1.165) is 22.8 Å². The van der Waals surface area contributed by atoms with E-state index in [1.54, 1.807) is 30.4 Å². The van der Waals surface area contributed by atoms with E-state index in [4.69, 9.17) is 16.7 Å². The zero-order chi connectivity index (χ0) is 23.0. The number of amides is 1. The number of nitrogens with one attached hydrogen (secondary N) is 1. The van der Waals surface area contributed by atoms with Crippen molar-refractivity contribution in [3.05, 3.63) is 77.1 Å². The highest BCUT2D eigenvalue weighted by Gasteiger charge is 2.22. The van der Waals surface area contributed by atoms with Crippen molar-refractivity contribution >= 4 is 29.1 Å². The van der Waals surface area contributed by atoms with Gasteiger partial charge >= 0.3 is 11.9 Å². The van der Waals surface area contributed by atoms with Gasteiger partial charge in [-0.2, -0.15) is 0 Å². The largest absolute Gasteiger partial charge is 0.491 e. The fourth-order valence-electron chi connectivity index (χ4n) is 2.52. The highest BCUT2D eigenvalue weighted by atomic mass is 35.5. The van der Waals surface area contributed by atoms with Gasteiger partial charge in [-0.05, 0) is 34.9 Å². The van der Waals surface area contributed by atoms with Crippen molar-refractivity contribution in [3.8, 4) is 5.88 Å². The maximum Gasteiger partial charge on any atom is 0.333 e. The number of carboxylic acid groups (broad SMARTS) is 1. The van der Waals surface area contributed by atoms with Gasteiger partial charge in [0.1, 0.15) is 0 Å². The van der Waals surface area contributed by atoms with E-state index < -0.39 is 30.4 Å². The van der Waals surface area contributed by atoms with E-state index in [1.807, 2.05) is 19.1 Å². The van der Waals surface area contributed by atoms with Gasteiger partial charge in [0.25, 0.3) is 5.88 Å². The van der Waals surface area contributed by atoms with Gasteiger partial charge in [-0.3, -0.25) is 10.2 Å². The molecular weight excluding hydrogens is 426 g/mol. The molecule has 0 spiro atoms. The second-order valence-corrected chi connectivity index (χ2v) is 6.84. The minimum atomic E-state index is -1.74. The molecule has 0 aliphatic heterocycles. The van der Waals surface area contributed by atoms with Crippen molar-refractivity contribution in [1.82, 2.24) is 15.6 Å². The van der Waals surface area contributed by atoms with Crippen LogP contribution in [0.3, 0.4) is 0 Å². The predicted molar refractivity (Wildman–Crippen MR) is 114 cm³/mol. The van der Waals surface area contributed by atoms with E-state index in [9.17, 15) is 19.8 Å². The lowest BCUT2D eigenvalue weighted by Crippen LogP contribution is -2.47. The van der Waals surface area contributed by atoms with Gasteiger partial charge < -0.3 is 19.8 Å². The summed E-state index contributed by atoms with van der Waals surface area (Å²) in [6.07, 6.45) is 3.46. The molecule has 1 amide bonds. The maximum absolute atomic E-state index is 12.3. The zero-order valence-corrected chi connectivity index (χ0v) is 17.4. The lowest BCUT2D eigenvalue weighted by Gasteiger charge is -2.24. The number of carbonyl (C=O) groups excluding carboxylic acids is 1. The number of halogens is 1.